The number of halogens is 1. The summed E-state index contributed by atoms with van der Waals surface area (Å²) >= 11 is 3.55. The number of anilines is 2. The number of pyridine rings is 1. The van der Waals surface area contributed by atoms with E-state index in [1.807, 2.05) is 37.4 Å². The molecule has 0 saturated carbocycles. The lowest BCUT2D eigenvalue weighted by Crippen LogP contribution is -2.17. The zero-order chi connectivity index (χ0) is 13.0. The molecule has 0 aliphatic carbocycles. The third-order valence-corrected chi connectivity index (χ3v) is 3.47. The smallest absolute Gasteiger partial charge is 0.141 e. The number of nitrogens with one attached hydrogen (secondary N) is 1. The minimum absolute atomic E-state index is 0.659. The highest BCUT2D eigenvalue weighted by Crippen LogP contribution is 2.21. The van der Waals surface area contributed by atoms with Gasteiger partial charge in [-0.3, -0.25) is 0 Å². The molecule has 0 fully saturated rings. The first-order chi connectivity index (χ1) is 8.70. The molecule has 5 heteroatoms. The molecule has 18 heavy (non-hydrogen) atoms. The molecule has 0 amide bonds. The van der Waals surface area contributed by atoms with E-state index in [9.17, 15) is 0 Å². The highest BCUT2D eigenvalue weighted by atomic mass is 79.9. The lowest BCUT2D eigenvalue weighted by Gasteiger charge is -2.20. The molecule has 0 radical (unpaired) electrons. The SMILES string of the molecule is CN(Cc1ccccc1Br)c1ccnc(NN)c1. The molecule has 0 unspecified atom stereocenters. The van der Waals surface area contributed by atoms with Crippen LogP contribution in [-0.4, -0.2) is 12.0 Å². The summed E-state index contributed by atoms with van der Waals surface area (Å²) in [5.74, 6) is 6.02. The first-order valence-electron chi connectivity index (χ1n) is 5.58. The number of rotatable bonds is 4. The summed E-state index contributed by atoms with van der Waals surface area (Å²) in [6, 6.07) is 12.1. The molecular formula is C13H15BrN4. The van der Waals surface area contributed by atoms with Gasteiger partial charge in [0.2, 0.25) is 0 Å². The molecule has 0 spiro atoms. The van der Waals surface area contributed by atoms with Gasteiger partial charge in [0.25, 0.3) is 0 Å². The second-order valence-corrected chi connectivity index (χ2v) is 4.85. The number of hydrazine groups is 1. The zero-order valence-electron chi connectivity index (χ0n) is 10.1. The van der Waals surface area contributed by atoms with E-state index in [1.165, 1.54) is 5.56 Å². The average molecular weight is 307 g/mol. The topological polar surface area (TPSA) is 54.2 Å². The summed E-state index contributed by atoms with van der Waals surface area (Å²) in [6.07, 6.45) is 1.74. The Labute approximate surface area is 115 Å². The largest absolute Gasteiger partial charge is 0.370 e. The maximum Gasteiger partial charge on any atom is 0.141 e. The molecule has 1 aromatic heterocycles. The molecule has 4 nitrogen and oxygen atoms in total. The first-order valence-corrected chi connectivity index (χ1v) is 6.37. The standard InChI is InChI=1S/C13H15BrN4/c1-18(9-10-4-2-3-5-12(10)14)11-6-7-16-13(8-11)17-15/h2-8H,9,15H2,1H3,(H,16,17). The van der Waals surface area contributed by atoms with E-state index in [0.717, 1.165) is 16.7 Å². The highest BCUT2D eigenvalue weighted by molar-refractivity contribution is 9.10. The van der Waals surface area contributed by atoms with Gasteiger partial charge in [-0.15, -0.1) is 0 Å². The van der Waals surface area contributed by atoms with Crippen molar-refractivity contribution in [1.29, 1.82) is 0 Å². The number of hydrogen-bond acceptors (Lipinski definition) is 4. The van der Waals surface area contributed by atoms with Gasteiger partial charge in [0.15, 0.2) is 0 Å². The second kappa shape index (κ2) is 5.84. The van der Waals surface area contributed by atoms with Gasteiger partial charge in [-0.1, -0.05) is 34.1 Å². The summed E-state index contributed by atoms with van der Waals surface area (Å²) in [5, 5.41) is 0. The van der Waals surface area contributed by atoms with Crippen molar-refractivity contribution in [2.24, 2.45) is 5.84 Å². The Morgan fingerprint density at radius 2 is 2.11 bits per heavy atom. The first kappa shape index (κ1) is 12.9. The molecule has 0 bridgehead atoms. The lowest BCUT2D eigenvalue weighted by atomic mass is 10.2. The molecule has 0 aliphatic rings. The second-order valence-electron chi connectivity index (χ2n) is 3.99. The summed E-state index contributed by atoms with van der Waals surface area (Å²) in [5.41, 5.74) is 4.85. The van der Waals surface area contributed by atoms with Crippen LogP contribution in [0.5, 0.6) is 0 Å². The van der Waals surface area contributed by atoms with Gasteiger partial charge < -0.3 is 10.3 Å². The Balaban J connectivity index is 2.16. The van der Waals surface area contributed by atoms with Gasteiger partial charge in [0, 0.05) is 36.0 Å². The van der Waals surface area contributed by atoms with E-state index in [-0.39, 0.29) is 0 Å². The summed E-state index contributed by atoms with van der Waals surface area (Å²) in [4.78, 5) is 6.23. The van der Waals surface area contributed by atoms with E-state index in [2.05, 4.69) is 37.3 Å². The molecule has 0 saturated heterocycles. The number of nitrogens with zero attached hydrogens (tertiary/aromatic N) is 2. The van der Waals surface area contributed by atoms with Gasteiger partial charge >= 0.3 is 0 Å². The van der Waals surface area contributed by atoms with Crippen LogP contribution < -0.4 is 16.2 Å². The highest BCUT2D eigenvalue weighted by Gasteiger charge is 2.05. The van der Waals surface area contributed by atoms with Crippen LogP contribution in [-0.2, 0) is 6.54 Å². The van der Waals surface area contributed by atoms with Crippen LogP contribution in [0, 0.1) is 0 Å². The Bertz CT molecular complexity index is 530. The van der Waals surface area contributed by atoms with Crippen molar-refractivity contribution >= 4 is 27.4 Å². The van der Waals surface area contributed by atoms with Crippen LogP contribution in [0.15, 0.2) is 47.1 Å². The third kappa shape index (κ3) is 3.00. The Morgan fingerprint density at radius 3 is 2.83 bits per heavy atom. The van der Waals surface area contributed by atoms with E-state index in [1.54, 1.807) is 6.20 Å². The van der Waals surface area contributed by atoms with Crippen molar-refractivity contribution in [2.75, 3.05) is 17.4 Å². The van der Waals surface area contributed by atoms with Crippen LogP contribution in [0.1, 0.15) is 5.56 Å². The third-order valence-electron chi connectivity index (χ3n) is 2.70. The number of aromatic nitrogens is 1. The Morgan fingerprint density at radius 1 is 1.33 bits per heavy atom. The van der Waals surface area contributed by atoms with Crippen LogP contribution in [0.2, 0.25) is 0 Å². The van der Waals surface area contributed by atoms with E-state index in [4.69, 9.17) is 5.84 Å². The van der Waals surface area contributed by atoms with Gasteiger partial charge in [0.1, 0.15) is 5.82 Å². The molecule has 94 valence electrons. The monoisotopic (exact) mass is 306 g/mol. The van der Waals surface area contributed by atoms with Crippen LogP contribution in [0.25, 0.3) is 0 Å². The molecule has 2 rings (SSSR count). The van der Waals surface area contributed by atoms with Crippen molar-refractivity contribution in [1.82, 2.24) is 4.98 Å². The molecule has 2 aromatic rings. The number of nitrogens with two attached hydrogens (primary N) is 1. The summed E-state index contributed by atoms with van der Waals surface area (Å²) in [6.45, 7) is 0.815. The molecule has 3 N–H and O–H groups in total. The maximum atomic E-state index is 5.36. The Kier molecular flexibility index (Phi) is 4.17. The van der Waals surface area contributed by atoms with Crippen LogP contribution >= 0.6 is 15.9 Å². The normalized spacial score (nSPS) is 10.2. The van der Waals surface area contributed by atoms with Gasteiger partial charge in [-0.05, 0) is 17.7 Å². The fourth-order valence-corrected chi connectivity index (χ4v) is 2.12. The van der Waals surface area contributed by atoms with Crippen molar-refractivity contribution in [3.63, 3.8) is 0 Å². The van der Waals surface area contributed by atoms with E-state index >= 15 is 0 Å². The van der Waals surface area contributed by atoms with Crippen molar-refractivity contribution < 1.29 is 0 Å². The minimum atomic E-state index is 0.659. The predicted molar refractivity (Wildman–Crippen MR) is 78.3 cm³/mol. The van der Waals surface area contributed by atoms with Gasteiger partial charge in [0.05, 0.1) is 0 Å². The van der Waals surface area contributed by atoms with Crippen molar-refractivity contribution in [2.45, 2.75) is 6.54 Å². The summed E-state index contributed by atoms with van der Waals surface area (Å²) in [7, 11) is 2.04. The molecule has 0 aliphatic heterocycles. The zero-order valence-corrected chi connectivity index (χ0v) is 11.7. The van der Waals surface area contributed by atoms with Gasteiger partial charge in [-0.2, -0.15) is 0 Å². The molecule has 1 aromatic carbocycles. The fourth-order valence-electron chi connectivity index (χ4n) is 1.71. The fraction of sp³-hybridized carbons (Fsp3) is 0.154. The van der Waals surface area contributed by atoms with E-state index in [0.29, 0.717) is 5.82 Å². The summed E-state index contributed by atoms with van der Waals surface area (Å²) < 4.78 is 1.11. The van der Waals surface area contributed by atoms with E-state index < -0.39 is 0 Å². The molecule has 0 atom stereocenters. The van der Waals surface area contributed by atoms with Crippen LogP contribution in [0.4, 0.5) is 11.5 Å². The van der Waals surface area contributed by atoms with Crippen LogP contribution in [0.3, 0.4) is 0 Å². The van der Waals surface area contributed by atoms with Crippen molar-refractivity contribution in [3.8, 4) is 0 Å². The maximum absolute atomic E-state index is 5.36. The number of benzene rings is 1. The van der Waals surface area contributed by atoms with Gasteiger partial charge in [-0.25, -0.2) is 10.8 Å². The van der Waals surface area contributed by atoms with Crippen molar-refractivity contribution in [3.05, 3.63) is 52.6 Å². The molecule has 1 heterocycles. The molecular weight excluding hydrogens is 292 g/mol. The predicted octanol–water partition coefficient (Wildman–Crippen LogP) is 2.77. The number of hydrogen-bond donors (Lipinski definition) is 2. The lowest BCUT2D eigenvalue weighted by molar-refractivity contribution is 0.916. The number of nitrogen functional groups attached to an aromatic ring is 1. The Hall–Kier alpha value is -1.59. The quantitative estimate of drug-likeness (QED) is 0.674. The average Bonchev–Trinajstić information content (AvgIpc) is 2.41. The minimum Gasteiger partial charge on any atom is -0.370 e.